The zero-order valence-electron chi connectivity index (χ0n) is 8.83. The molecule has 0 radical (unpaired) electrons. The number of benzene rings is 1. The third-order valence-corrected chi connectivity index (χ3v) is 2.92. The summed E-state index contributed by atoms with van der Waals surface area (Å²) in [7, 11) is 0. The highest BCUT2D eigenvalue weighted by Gasteiger charge is 2.10. The fourth-order valence-corrected chi connectivity index (χ4v) is 1.95. The van der Waals surface area contributed by atoms with Gasteiger partial charge in [-0.3, -0.25) is 9.89 Å². The van der Waals surface area contributed by atoms with E-state index in [4.69, 9.17) is 5.73 Å². The minimum atomic E-state index is -0.199. The average molecular weight is 282 g/mol. The molecule has 0 spiro atoms. The molecule has 0 bridgehead atoms. The Morgan fingerprint density at radius 3 is 2.81 bits per heavy atom. The summed E-state index contributed by atoms with van der Waals surface area (Å²) >= 11 is 3.37. The molecule has 0 saturated heterocycles. The van der Waals surface area contributed by atoms with E-state index in [0.29, 0.717) is 12.1 Å². The van der Waals surface area contributed by atoms with Crippen molar-refractivity contribution in [1.29, 1.82) is 0 Å². The molecule has 0 saturated carbocycles. The van der Waals surface area contributed by atoms with Crippen LogP contribution in [-0.2, 0) is 6.42 Å². The number of nitrogens with one attached hydrogen (secondary N) is 1. The predicted molar refractivity (Wildman–Crippen MR) is 67.9 cm³/mol. The minimum absolute atomic E-state index is 0.199. The standard InChI is InChI=1S/C11H12BrN3O/c1-2-9-10(13)11(16)15(14-9)8-5-3-4-7(12)6-8/h3-6,14H,2,13H2,1H3. The molecule has 2 aromatic rings. The van der Waals surface area contributed by atoms with Gasteiger partial charge in [0.05, 0.1) is 11.4 Å². The Labute approximate surface area is 101 Å². The molecular weight excluding hydrogens is 270 g/mol. The van der Waals surface area contributed by atoms with E-state index >= 15 is 0 Å². The lowest BCUT2D eigenvalue weighted by Crippen LogP contribution is -2.16. The quantitative estimate of drug-likeness (QED) is 0.885. The summed E-state index contributed by atoms with van der Waals surface area (Å²) in [5.41, 5.74) is 7.35. The molecule has 4 nitrogen and oxygen atoms in total. The lowest BCUT2D eigenvalue weighted by Gasteiger charge is -2.01. The van der Waals surface area contributed by atoms with Crippen LogP contribution in [0.25, 0.3) is 5.69 Å². The topological polar surface area (TPSA) is 63.8 Å². The Hall–Kier alpha value is -1.49. The van der Waals surface area contributed by atoms with Gasteiger partial charge in [-0.15, -0.1) is 0 Å². The van der Waals surface area contributed by atoms with Gasteiger partial charge in [0.15, 0.2) is 0 Å². The van der Waals surface area contributed by atoms with Gasteiger partial charge in [-0.05, 0) is 24.6 Å². The zero-order valence-corrected chi connectivity index (χ0v) is 10.4. The van der Waals surface area contributed by atoms with Gasteiger partial charge in [-0.2, -0.15) is 0 Å². The number of rotatable bonds is 2. The lowest BCUT2D eigenvalue weighted by molar-refractivity contribution is 0.819. The number of aromatic amines is 1. The Balaban J connectivity index is 2.61. The summed E-state index contributed by atoms with van der Waals surface area (Å²) in [6.45, 7) is 1.95. The van der Waals surface area contributed by atoms with Gasteiger partial charge in [0.25, 0.3) is 5.56 Å². The van der Waals surface area contributed by atoms with E-state index in [1.807, 2.05) is 31.2 Å². The summed E-state index contributed by atoms with van der Waals surface area (Å²) < 4.78 is 2.38. The van der Waals surface area contributed by atoms with E-state index in [1.54, 1.807) is 0 Å². The van der Waals surface area contributed by atoms with E-state index < -0.39 is 0 Å². The highest BCUT2D eigenvalue weighted by Crippen LogP contribution is 2.15. The third-order valence-electron chi connectivity index (χ3n) is 2.43. The smallest absolute Gasteiger partial charge is 0.294 e. The van der Waals surface area contributed by atoms with Gasteiger partial charge in [0.1, 0.15) is 5.69 Å². The van der Waals surface area contributed by atoms with Crippen molar-refractivity contribution in [3.63, 3.8) is 0 Å². The third kappa shape index (κ3) is 1.78. The van der Waals surface area contributed by atoms with Gasteiger partial charge in [-0.1, -0.05) is 28.9 Å². The van der Waals surface area contributed by atoms with Crippen LogP contribution in [0.15, 0.2) is 33.5 Å². The SMILES string of the molecule is CCc1[nH]n(-c2cccc(Br)c2)c(=O)c1N. The van der Waals surface area contributed by atoms with Crippen molar-refractivity contribution < 1.29 is 0 Å². The molecule has 0 aliphatic carbocycles. The van der Waals surface area contributed by atoms with Crippen LogP contribution in [0.4, 0.5) is 5.69 Å². The number of nitrogen functional groups attached to an aromatic ring is 1. The van der Waals surface area contributed by atoms with Crippen molar-refractivity contribution in [2.24, 2.45) is 0 Å². The number of nitrogens with two attached hydrogens (primary N) is 1. The highest BCUT2D eigenvalue weighted by molar-refractivity contribution is 9.10. The maximum absolute atomic E-state index is 11.9. The lowest BCUT2D eigenvalue weighted by atomic mass is 10.3. The minimum Gasteiger partial charge on any atom is -0.393 e. The molecule has 0 aliphatic rings. The Morgan fingerprint density at radius 2 is 2.25 bits per heavy atom. The van der Waals surface area contributed by atoms with Crippen LogP contribution < -0.4 is 11.3 Å². The van der Waals surface area contributed by atoms with Crippen LogP contribution in [0.3, 0.4) is 0 Å². The zero-order chi connectivity index (χ0) is 11.7. The van der Waals surface area contributed by atoms with Crippen LogP contribution in [0.1, 0.15) is 12.6 Å². The predicted octanol–water partition coefficient (Wildman–Crippen LogP) is 2.07. The Bertz CT molecular complexity index is 571. The summed E-state index contributed by atoms with van der Waals surface area (Å²) in [5, 5.41) is 3.00. The number of halogens is 1. The molecule has 0 amide bonds. The number of aryl methyl sites for hydroxylation is 1. The molecule has 0 fully saturated rings. The summed E-state index contributed by atoms with van der Waals surface area (Å²) in [6, 6.07) is 7.48. The molecular formula is C11H12BrN3O. The summed E-state index contributed by atoms with van der Waals surface area (Å²) in [5.74, 6) is 0. The van der Waals surface area contributed by atoms with Crippen molar-refractivity contribution in [3.8, 4) is 5.69 Å². The Morgan fingerprint density at radius 1 is 1.50 bits per heavy atom. The molecule has 3 N–H and O–H groups in total. The van der Waals surface area contributed by atoms with Crippen molar-refractivity contribution in [2.75, 3.05) is 5.73 Å². The van der Waals surface area contributed by atoms with Gasteiger partial charge in [0.2, 0.25) is 0 Å². The number of aromatic nitrogens is 2. The van der Waals surface area contributed by atoms with E-state index in [-0.39, 0.29) is 5.56 Å². The normalized spacial score (nSPS) is 10.6. The second kappa shape index (κ2) is 4.17. The first-order valence-corrected chi connectivity index (χ1v) is 5.78. The molecule has 0 aliphatic heterocycles. The molecule has 84 valence electrons. The summed E-state index contributed by atoms with van der Waals surface area (Å²) in [6.07, 6.45) is 0.710. The van der Waals surface area contributed by atoms with Crippen LogP contribution in [0.5, 0.6) is 0 Å². The van der Waals surface area contributed by atoms with E-state index in [9.17, 15) is 4.79 Å². The number of nitrogens with zero attached hydrogens (tertiary/aromatic N) is 1. The van der Waals surface area contributed by atoms with Gasteiger partial charge < -0.3 is 5.73 Å². The first-order valence-electron chi connectivity index (χ1n) is 4.98. The largest absolute Gasteiger partial charge is 0.393 e. The van der Waals surface area contributed by atoms with E-state index in [0.717, 1.165) is 15.9 Å². The maximum atomic E-state index is 11.9. The van der Waals surface area contributed by atoms with Crippen molar-refractivity contribution in [3.05, 3.63) is 44.8 Å². The fourth-order valence-electron chi connectivity index (χ4n) is 1.56. The van der Waals surface area contributed by atoms with Crippen molar-refractivity contribution in [1.82, 2.24) is 9.78 Å². The average Bonchev–Trinajstić information content (AvgIpc) is 2.56. The number of hydrogen-bond acceptors (Lipinski definition) is 2. The van der Waals surface area contributed by atoms with Gasteiger partial charge in [-0.25, -0.2) is 4.68 Å². The molecule has 1 aromatic heterocycles. The molecule has 5 heteroatoms. The second-order valence-electron chi connectivity index (χ2n) is 3.48. The van der Waals surface area contributed by atoms with Crippen molar-refractivity contribution >= 4 is 21.6 Å². The van der Waals surface area contributed by atoms with Crippen LogP contribution in [-0.4, -0.2) is 9.78 Å². The first kappa shape index (κ1) is 11.0. The van der Waals surface area contributed by atoms with E-state index in [2.05, 4.69) is 21.0 Å². The van der Waals surface area contributed by atoms with Gasteiger partial charge >= 0.3 is 0 Å². The molecule has 16 heavy (non-hydrogen) atoms. The van der Waals surface area contributed by atoms with Crippen molar-refractivity contribution in [2.45, 2.75) is 13.3 Å². The van der Waals surface area contributed by atoms with Crippen LogP contribution in [0.2, 0.25) is 0 Å². The monoisotopic (exact) mass is 281 g/mol. The van der Waals surface area contributed by atoms with Gasteiger partial charge in [0, 0.05) is 4.47 Å². The molecule has 1 heterocycles. The van der Waals surface area contributed by atoms with E-state index in [1.165, 1.54) is 4.68 Å². The fraction of sp³-hybridized carbons (Fsp3) is 0.182. The van der Waals surface area contributed by atoms with Crippen LogP contribution in [0, 0.1) is 0 Å². The molecule has 0 unspecified atom stereocenters. The Kier molecular flexibility index (Phi) is 2.87. The highest BCUT2D eigenvalue weighted by atomic mass is 79.9. The molecule has 0 atom stereocenters. The number of hydrogen-bond donors (Lipinski definition) is 2. The first-order chi connectivity index (χ1) is 7.63. The number of H-pyrrole nitrogens is 1. The second-order valence-corrected chi connectivity index (χ2v) is 4.39. The molecule has 1 aromatic carbocycles. The number of anilines is 1. The van der Waals surface area contributed by atoms with Crippen LogP contribution >= 0.6 is 15.9 Å². The summed E-state index contributed by atoms with van der Waals surface area (Å²) in [4.78, 5) is 11.9. The maximum Gasteiger partial charge on any atom is 0.294 e. The molecule has 2 rings (SSSR count).